The van der Waals surface area contributed by atoms with Gasteiger partial charge in [-0.1, -0.05) is 53.7 Å². The molecule has 0 N–H and O–H groups in total. The van der Waals surface area contributed by atoms with Crippen molar-refractivity contribution in [1.82, 2.24) is 10.1 Å². The van der Waals surface area contributed by atoms with Crippen LogP contribution < -0.4 is 4.90 Å². The number of aryl methyl sites for hydroxylation is 1. The predicted octanol–water partition coefficient (Wildman–Crippen LogP) is 5.93. The summed E-state index contributed by atoms with van der Waals surface area (Å²) in [6.07, 6.45) is 1.63. The highest BCUT2D eigenvalue weighted by Gasteiger charge is 2.27. The second-order valence-electron chi connectivity index (χ2n) is 7.91. The lowest BCUT2D eigenvalue weighted by Crippen LogP contribution is -2.32. The number of hydrogen-bond acceptors (Lipinski definition) is 5. The smallest absolute Gasteiger partial charge is 0.254 e. The van der Waals surface area contributed by atoms with E-state index in [1.807, 2.05) is 73.7 Å². The summed E-state index contributed by atoms with van der Waals surface area (Å²) >= 11 is 0. The van der Waals surface area contributed by atoms with E-state index in [-0.39, 0.29) is 5.91 Å². The fraction of sp³-hybridized carbons (Fsp3) is 0.259. The zero-order valence-corrected chi connectivity index (χ0v) is 19.3. The van der Waals surface area contributed by atoms with E-state index >= 15 is 0 Å². The average molecular weight is 444 g/mol. The summed E-state index contributed by atoms with van der Waals surface area (Å²) < 4.78 is 11.4. The molecule has 0 spiro atoms. The van der Waals surface area contributed by atoms with Crippen LogP contribution in [0.15, 0.2) is 81.9 Å². The number of aromatic nitrogens is 1. The standard InChI is InChI=1S/C27H29N3O3/c1-4-29(5-2)27-24(25(28-33-27)21-13-7-6-8-14-21)19-30(18-22-15-11-17-32-22)26(31)23-16-10-9-12-20(23)3/h6-17H,4-5,18-19H2,1-3H3. The molecular formula is C27H29N3O3. The molecule has 0 aliphatic heterocycles. The molecule has 4 aromatic rings. The van der Waals surface area contributed by atoms with Crippen molar-refractivity contribution in [3.05, 3.63) is 95.4 Å². The Morgan fingerprint density at radius 1 is 0.909 bits per heavy atom. The number of hydrogen-bond donors (Lipinski definition) is 0. The summed E-state index contributed by atoms with van der Waals surface area (Å²) in [6, 6.07) is 21.3. The number of rotatable bonds is 9. The van der Waals surface area contributed by atoms with Crippen molar-refractivity contribution in [3.63, 3.8) is 0 Å². The van der Waals surface area contributed by atoms with Gasteiger partial charge in [0, 0.05) is 24.2 Å². The van der Waals surface area contributed by atoms with Gasteiger partial charge in [-0.15, -0.1) is 0 Å². The lowest BCUT2D eigenvalue weighted by Gasteiger charge is -2.25. The van der Waals surface area contributed by atoms with Gasteiger partial charge >= 0.3 is 0 Å². The van der Waals surface area contributed by atoms with Gasteiger partial charge in [-0.3, -0.25) is 4.79 Å². The molecule has 0 saturated carbocycles. The first kappa shape index (κ1) is 22.4. The lowest BCUT2D eigenvalue weighted by atomic mass is 10.0. The third kappa shape index (κ3) is 4.85. The molecule has 0 unspecified atom stereocenters. The maximum atomic E-state index is 13.7. The first-order valence-electron chi connectivity index (χ1n) is 11.3. The van der Waals surface area contributed by atoms with Crippen molar-refractivity contribution in [2.45, 2.75) is 33.9 Å². The summed E-state index contributed by atoms with van der Waals surface area (Å²) in [7, 11) is 0. The number of furan rings is 1. The quantitative estimate of drug-likeness (QED) is 0.321. The summed E-state index contributed by atoms with van der Waals surface area (Å²) in [5.41, 5.74) is 4.20. The molecule has 2 aromatic heterocycles. The highest BCUT2D eigenvalue weighted by Crippen LogP contribution is 2.33. The molecule has 2 aromatic carbocycles. The van der Waals surface area contributed by atoms with Gasteiger partial charge in [0.25, 0.3) is 5.91 Å². The minimum absolute atomic E-state index is 0.0600. The number of nitrogens with zero attached hydrogens (tertiary/aromatic N) is 3. The van der Waals surface area contributed by atoms with Gasteiger partial charge in [0.05, 0.1) is 24.9 Å². The number of benzene rings is 2. The van der Waals surface area contributed by atoms with Gasteiger partial charge in [-0.25, -0.2) is 0 Å². The largest absolute Gasteiger partial charge is 0.467 e. The zero-order valence-electron chi connectivity index (χ0n) is 19.3. The highest BCUT2D eigenvalue weighted by molar-refractivity contribution is 5.95. The second kappa shape index (κ2) is 10.2. The normalized spacial score (nSPS) is 10.9. The van der Waals surface area contributed by atoms with Crippen molar-refractivity contribution in [3.8, 4) is 11.3 Å². The maximum Gasteiger partial charge on any atom is 0.254 e. The van der Waals surface area contributed by atoms with Crippen molar-refractivity contribution < 1.29 is 13.7 Å². The van der Waals surface area contributed by atoms with Crippen LogP contribution in [0.25, 0.3) is 11.3 Å². The summed E-state index contributed by atoms with van der Waals surface area (Å²) in [6.45, 7) is 8.35. The third-order valence-electron chi connectivity index (χ3n) is 5.80. The van der Waals surface area contributed by atoms with Gasteiger partial charge in [0.15, 0.2) is 0 Å². The zero-order chi connectivity index (χ0) is 23.2. The van der Waals surface area contributed by atoms with Crippen LogP contribution in [0.1, 0.15) is 41.1 Å². The van der Waals surface area contributed by atoms with Crippen LogP contribution in [-0.2, 0) is 13.1 Å². The summed E-state index contributed by atoms with van der Waals surface area (Å²) in [4.78, 5) is 17.6. The molecule has 2 heterocycles. The van der Waals surface area contributed by atoms with Crippen LogP contribution in [0.3, 0.4) is 0 Å². The number of carbonyl (C=O) groups excluding carboxylic acids is 1. The van der Waals surface area contributed by atoms with Crippen LogP contribution in [0, 0.1) is 6.92 Å². The fourth-order valence-corrected chi connectivity index (χ4v) is 3.99. The number of anilines is 1. The Hall–Kier alpha value is -3.80. The first-order chi connectivity index (χ1) is 16.1. The predicted molar refractivity (Wildman–Crippen MR) is 129 cm³/mol. The second-order valence-corrected chi connectivity index (χ2v) is 7.91. The van der Waals surface area contributed by atoms with E-state index in [1.54, 1.807) is 11.2 Å². The highest BCUT2D eigenvalue weighted by atomic mass is 16.5. The van der Waals surface area contributed by atoms with E-state index in [9.17, 15) is 4.79 Å². The number of carbonyl (C=O) groups is 1. The van der Waals surface area contributed by atoms with E-state index in [0.29, 0.717) is 24.5 Å². The van der Waals surface area contributed by atoms with Crippen molar-refractivity contribution in [1.29, 1.82) is 0 Å². The molecule has 0 atom stereocenters. The molecule has 6 heteroatoms. The minimum atomic E-state index is -0.0600. The van der Waals surface area contributed by atoms with Gasteiger partial charge in [-0.05, 0) is 44.5 Å². The Kier molecular flexibility index (Phi) is 6.93. The molecular weight excluding hydrogens is 414 g/mol. The van der Waals surface area contributed by atoms with Crippen molar-refractivity contribution >= 4 is 11.8 Å². The minimum Gasteiger partial charge on any atom is -0.467 e. The Labute approximate surface area is 194 Å². The van der Waals surface area contributed by atoms with E-state index in [2.05, 4.69) is 23.9 Å². The molecule has 0 bridgehead atoms. The monoisotopic (exact) mass is 443 g/mol. The lowest BCUT2D eigenvalue weighted by molar-refractivity contribution is 0.0717. The molecule has 0 saturated heterocycles. The molecule has 0 fully saturated rings. The van der Waals surface area contributed by atoms with Gasteiger partial charge in [0.2, 0.25) is 5.88 Å². The molecule has 33 heavy (non-hydrogen) atoms. The van der Waals surface area contributed by atoms with Crippen LogP contribution in [-0.4, -0.2) is 29.1 Å². The Balaban J connectivity index is 1.78. The van der Waals surface area contributed by atoms with Crippen molar-refractivity contribution in [2.75, 3.05) is 18.0 Å². The van der Waals surface area contributed by atoms with E-state index < -0.39 is 0 Å². The molecule has 0 radical (unpaired) electrons. The topological polar surface area (TPSA) is 62.7 Å². The molecule has 6 nitrogen and oxygen atoms in total. The molecule has 0 aliphatic rings. The SMILES string of the molecule is CCN(CC)c1onc(-c2ccccc2)c1CN(Cc1ccco1)C(=O)c1ccccc1C. The first-order valence-corrected chi connectivity index (χ1v) is 11.3. The summed E-state index contributed by atoms with van der Waals surface area (Å²) in [5.74, 6) is 1.36. The van der Waals surface area contributed by atoms with Crippen LogP contribution in [0.4, 0.5) is 5.88 Å². The molecule has 0 aliphatic carbocycles. The van der Waals surface area contributed by atoms with Gasteiger partial charge in [0.1, 0.15) is 11.5 Å². The van der Waals surface area contributed by atoms with E-state index in [4.69, 9.17) is 8.94 Å². The van der Waals surface area contributed by atoms with E-state index in [1.165, 1.54) is 0 Å². The Bertz CT molecular complexity index is 1180. The molecule has 1 amide bonds. The van der Waals surface area contributed by atoms with Crippen LogP contribution in [0.2, 0.25) is 0 Å². The fourth-order valence-electron chi connectivity index (χ4n) is 3.99. The van der Waals surface area contributed by atoms with Crippen LogP contribution in [0.5, 0.6) is 0 Å². The van der Waals surface area contributed by atoms with Gasteiger partial charge < -0.3 is 18.7 Å². The third-order valence-corrected chi connectivity index (χ3v) is 5.80. The molecule has 4 rings (SSSR count). The average Bonchev–Trinajstić information content (AvgIpc) is 3.50. The molecule has 170 valence electrons. The van der Waals surface area contributed by atoms with Crippen LogP contribution >= 0.6 is 0 Å². The Morgan fingerprint density at radius 2 is 1.64 bits per heavy atom. The Morgan fingerprint density at radius 3 is 2.30 bits per heavy atom. The maximum absolute atomic E-state index is 13.7. The van der Waals surface area contributed by atoms with Gasteiger partial charge in [-0.2, -0.15) is 0 Å². The summed E-state index contributed by atoms with van der Waals surface area (Å²) in [5, 5.41) is 4.42. The van der Waals surface area contributed by atoms with E-state index in [0.717, 1.165) is 41.2 Å². The van der Waals surface area contributed by atoms with Crippen molar-refractivity contribution in [2.24, 2.45) is 0 Å². The number of amides is 1.